The fourth-order valence-electron chi connectivity index (χ4n) is 1.60. The van der Waals surface area contributed by atoms with Gasteiger partial charge in [0.05, 0.1) is 37.7 Å². The number of nitrogens with two attached hydrogens (primary N) is 1. The SMILES string of the molecule is COCCNC(=O)CN(C)c1cc(C(=O)OC)c(N)cn1. The zero-order valence-electron chi connectivity index (χ0n) is 12.4. The third-order valence-corrected chi connectivity index (χ3v) is 2.73. The van der Waals surface area contributed by atoms with E-state index in [1.807, 2.05) is 0 Å². The molecule has 0 saturated heterocycles. The summed E-state index contributed by atoms with van der Waals surface area (Å²) in [5.74, 6) is -0.270. The molecule has 1 aromatic rings. The lowest BCUT2D eigenvalue weighted by molar-refractivity contribution is -0.119. The van der Waals surface area contributed by atoms with Crippen LogP contribution in [-0.4, -0.2) is 57.8 Å². The molecule has 0 radical (unpaired) electrons. The smallest absolute Gasteiger partial charge is 0.340 e. The molecule has 0 unspecified atom stereocenters. The highest BCUT2D eigenvalue weighted by molar-refractivity contribution is 5.95. The maximum absolute atomic E-state index is 11.7. The van der Waals surface area contributed by atoms with E-state index in [1.54, 1.807) is 19.1 Å². The number of pyridine rings is 1. The molecule has 0 aliphatic carbocycles. The van der Waals surface area contributed by atoms with Crippen LogP contribution in [0.2, 0.25) is 0 Å². The Kier molecular flexibility index (Phi) is 6.41. The number of rotatable bonds is 7. The largest absolute Gasteiger partial charge is 0.465 e. The molecule has 8 heteroatoms. The normalized spacial score (nSPS) is 10.0. The molecule has 0 bridgehead atoms. The number of carbonyl (C=O) groups is 2. The topological polar surface area (TPSA) is 107 Å². The van der Waals surface area contributed by atoms with Crippen molar-refractivity contribution in [1.82, 2.24) is 10.3 Å². The highest BCUT2D eigenvalue weighted by atomic mass is 16.5. The molecule has 1 amide bonds. The van der Waals surface area contributed by atoms with E-state index in [9.17, 15) is 9.59 Å². The molecule has 0 aliphatic rings. The summed E-state index contributed by atoms with van der Waals surface area (Å²) in [6.07, 6.45) is 1.36. The summed E-state index contributed by atoms with van der Waals surface area (Å²) in [5, 5.41) is 2.69. The second kappa shape index (κ2) is 8.05. The molecule has 0 aliphatic heterocycles. The van der Waals surface area contributed by atoms with E-state index >= 15 is 0 Å². The van der Waals surface area contributed by atoms with Gasteiger partial charge >= 0.3 is 5.97 Å². The van der Waals surface area contributed by atoms with E-state index in [1.165, 1.54) is 19.4 Å². The van der Waals surface area contributed by atoms with Gasteiger partial charge in [-0.2, -0.15) is 0 Å². The van der Waals surface area contributed by atoms with Crippen LogP contribution in [0.4, 0.5) is 11.5 Å². The van der Waals surface area contributed by atoms with Gasteiger partial charge in [0.1, 0.15) is 5.82 Å². The summed E-state index contributed by atoms with van der Waals surface area (Å²) < 4.78 is 9.48. The van der Waals surface area contributed by atoms with Gasteiger partial charge in [-0.1, -0.05) is 0 Å². The summed E-state index contributed by atoms with van der Waals surface area (Å²) in [4.78, 5) is 29.0. The minimum atomic E-state index is -0.547. The van der Waals surface area contributed by atoms with Crippen LogP contribution in [0.25, 0.3) is 0 Å². The van der Waals surface area contributed by atoms with Crippen molar-refractivity contribution in [2.75, 3.05) is 51.6 Å². The second-order valence-electron chi connectivity index (χ2n) is 4.32. The van der Waals surface area contributed by atoms with E-state index in [4.69, 9.17) is 10.5 Å². The Bertz CT molecular complexity index is 507. The van der Waals surface area contributed by atoms with Gasteiger partial charge in [0.25, 0.3) is 0 Å². The summed E-state index contributed by atoms with van der Waals surface area (Å²) >= 11 is 0. The van der Waals surface area contributed by atoms with Crippen molar-refractivity contribution in [2.24, 2.45) is 0 Å². The van der Waals surface area contributed by atoms with Crippen molar-refractivity contribution in [2.45, 2.75) is 0 Å². The minimum Gasteiger partial charge on any atom is -0.465 e. The molecular formula is C13H20N4O4. The Hall–Kier alpha value is -2.35. The predicted octanol–water partition coefficient (Wildman–Crippen LogP) is -0.351. The molecule has 116 valence electrons. The molecule has 0 atom stereocenters. The van der Waals surface area contributed by atoms with Crippen molar-refractivity contribution in [3.8, 4) is 0 Å². The molecule has 0 spiro atoms. The maximum Gasteiger partial charge on any atom is 0.340 e. The number of aromatic nitrogens is 1. The Morgan fingerprint density at radius 1 is 1.43 bits per heavy atom. The maximum atomic E-state index is 11.7. The van der Waals surface area contributed by atoms with Crippen LogP contribution >= 0.6 is 0 Å². The van der Waals surface area contributed by atoms with Crippen LogP contribution < -0.4 is 16.0 Å². The molecule has 3 N–H and O–H groups in total. The molecule has 21 heavy (non-hydrogen) atoms. The number of hydrogen-bond acceptors (Lipinski definition) is 7. The summed E-state index contributed by atoms with van der Waals surface area (Å²) in [7, 11) is 4.52. The number of likely N-dealkylation sites (N-methyl/N-ethyl adjacent to an activating group) is 1. The number of amides is 1. The first-order chi connectivity index (χ1) is 9.99. The number of esters is 1. The Balaban J connectivity index is 2.72. The summed E-state index contributed by atoms with van der Waals surface area (Å²) in [6, 6.07) is 1.49. The number of nitrogens with one attached hydrogen (secondary N) is 1. The van der Waals surface area contributed by atoms with Crippen molar-refractivity contribution in [3.05, 3.63) is 17.8 Å². The van der Waals surface area contributed by atoms with Gasteiger partial charge in [0.2, 0.25) is 5.91 Å². The highest BCUT2D eigenvalue weighted by Crippen LogP contribution is 2.17. The molecule has 0 saturated carbocycles. The molecule has 1 aromatic heterocycles. The standard InChI is InChI=1S/C13H20N4O4/c1-17(8-12(18)15-4-5-20-2)11-6-9(13(19)21-3)10(14)7-16-11/h6-7H,4-5,8,14H2,1-3H3,(H,15,18). The fraction of sp³-hybridized carbons (Fsp3) is 0.462. The first-order valence-electron chi connectivity index (χ1n) is 6.30. The first kappa shape index (κ1) is 16.7. The van der Waals surface area contributed by atoms with Crippen molar-refractivity contribution in [1.29, 1.82) is 0 Å². The minimum absolute atomic E-state index is 0.0985. The van der Waals surface area contributed by atoms with Gasteiger partial charge in [0, 0.05) is 20.7 Å². The average molecular weight is 296 g/mol. The molecule has 1 rings (SSSR count). The third-order valence-electron chi connectivity index (χ3n) is 2.73. The van der Waals surface area contributed by atoms with Gasteiger partial charge in [-0.3, -0.25) is 4.79 Å². The van der Waals surface area contributed by atoms with Crippen LogP contribution in [0.15, 0.2) is 12.3 Å². The average Bonchev–Trinajstić information content (AvgIpc) is 2.47. The lowest BCUT2D eigenvalue weighted by Crippen LogP contribution is -2.37. The molecule has 0 aromatic carbocycles. The van der Waals surface area contributed by atoms with Crippen molar-refractivity contribution >= 4 is 23.4 Å². The van der Waals surface area contributed by atoms with Crippen LogP contribution in [-0.2, 0) is 14.3 Å². The first-order valence-corrected chi connectivity index (χ1v) is 6.30. The predicted molar refractivity (Wildman–Crippen MR) is 78.1 cm³/mol. The zero-order chi connectivity index (χ0) is 15.8. The molecule has 0 fully saturated rings. The number of hydrogen-bond donors (Lipinski definition) is 2. The zero-order valence-corrected chi connectivity index (χ0v) is 12.4. The quantitative estimate of drug-likeness (QED) is 0.523. The summed E-state index contributed by atoms with van der Waals surface area (Å²) in [6.45, 7) is 0.981. The van der Waals surface area contributed by atoms with Crippen LogP contribution in [0.1, 0.15) is 10.4 Å². The van der Waals surface area contributed by atoms with E-state index in [2.05, 4.69) is 15.0 Å². The van der Waals surface area contributed by atoms with E-state index in [0.717, 1.165) is 0 Å². The van der Waals surface area contributed by atoms with Crippen LogP contribution in [0.5, 0.6) is 0 Å². The van der Waals surface area contributed by atoms with Gasteiger partial charge < -0.3 is 25.4 Å². The third kappa shape index (κ3) is 4.92. The lowest BCUT2D eigenvalue weighted by Gasteiger charge is -2.18. The molecular weight excluding hydrogens is 276 g/mol. The van der Waals surface area contributed by atoms with Gasteiger partial charge in [-0.05, 0) is 6.07 Å². The number of ether oxygens (including phenoxy) is 2. The summed E-state index contributed by atoms with van der Waals surface area (Å²) in [5.41, 5.74) is 6.12. The molecule has 8 nitrogen and oxygen atoms in total. The van der Waals surface area contributed by atoms with Crippen molar-refractivity contribution in [3.63, 3.8) is 0 Å². The number of nitrogens with zero attached hydrogens (tertiary/aromatic N) is 2. The fourth-order valence-corrected chi connectivity index (χ4v) is 1.60. The Morgan fingerprint density at radius 3 is 2.76 bits per heavy atom. The van der Waals surface area contributed by atoms with E-state index < -0.39 is 5.97 Å². The lowest BCUT2D eigenvalue weighted by atomic mass is 10.2. The number of anilines is 2. The van der Waals surface area contributed by atoms with Crippen LogP contribution in [0, 0.1) is 0 Å². The van der Waals surface area contributed by atoms with Gasteiger partial charge in [-0.25, -0.2) is 9.78 Å². The second-order valence-corrected chi connectivity index (χ2v) is 4.32. The number of methoxy groups -OCH3 is 2. The highest BCUT2D eigenvalue weighted by Gasteiger charge is 2.15. The Morgan fingerprint density at radius 2 is 2.14 bits per heavy atom. The van der Waals surface area contributed by atoms with E-state index in [0.29, 0.717) is 19.0 Å². The van der Waals surface area contributed by atoms with Crippen molar-refractivity contribution < 1.29 is 19.1 Å². The van der Waals surface area contributed by atoms with Gasteiger partial charge in [-0.15, -0.1) is 0 Å². The monoisotopic (exact) mass is 296 g/mol. The molecule has 1 heterocycles. The van der Waals surface area contributed by atoms with Gasteiger partial charge in [0.15, 0.2) is 0 Å². The Labute approximate surface area is 123 Å². The van der Waals surface area contributed by atoms with E-state index in [-0.39, 0.29) is 23.7 Å². The van der Waals surface area contributed by atoms with Crippen LogP contribution in [0.3, 0.4) is 0 Å². The number of carbonyl (C=O) groups excluding carboxylic acids is 2. The number of nitrogen functional groups attached to an aromatic ring is 1.